The van der Waals surface area contributed by atoms with Crippen LogP contribution in [0.2, 0.25) is 0 Å². The molecular weight excluding hydrogens is 287 g/mol. The monoisotopic (exact) mass is 302 g/mol. The summed E-state index contributed by atoms with van der Waals surface area (Å²) in [7, 11) is 0.343. The average Bonchev–Trinajstić information content (AvgIpc) is 2.35. The summed E-state index contributed by atoms with van der Waals surface area (Å²) < 4.78 is 9.86. The van der Waals surface area contributed by atoms with E-state index in [1.54, 1.807) is 7.05 Å². The molecule has 0 aromatic rings. The largest absolute Gasteiger partial charge is 0.548 e. The molecular formula is C10H15BN2O8. The number of hydrogen-bond acceptors (Lipinski definition) is 7. The summed E-state index contributed by atoms with van der Waals surface area (Å²) >= 11 is 0. The van der Waals surface area contributed by atoms with Gasteiger partial charge in [-0.3, -0.25) is 19.2 Å². The van der Waals surface area contributed by atoms with Crippen LogP contribution in [-0.4, -0.2) is 67.3 Å². The van der Waals surface area contributed by atoms with Crippen molar-refractivity contribution in [2.75, 3.05) is 20.0 Å². The predicted molar refractivity (Wildman–Crippen MR) is 67.0 cm³/mol. The lowest BCUT2D eigenvalue weighted by Crippen LogP contribution is -2.54. The van der Waals surface area contributed by atoms with Crippen LogP contribution in [0, 0.1) is 5.92 Å². The number of carbonyl (C=O) groups excluding carboxylic acids is 2. The Labute approximate surface area is 119 Å². The maximum absolute atomic E-state index is 11.6. The summed E-state index contributed by atoms with van der Waals surface area (Å²) in [4.78, 5) is 44.5. The molecule has 1 saturated heterocycles. The molecule has 0 spiro atoms. The van der Waals surface area contributed by atoms with Crippen LogP contribution in [0.1, 0.15) is 6.42 Å². The first-order valence-electron chi connectivity index (χ1n) is 6.07. The zero-order valence-electron chi connectivity index (χ0n) is 11.2. The fraction of sp³-hybridized carbons (Fsp3) is 0.600. The normalized spacial score (nSPS) is 21.6. The maximum atomic E-state index is 11.6. The van der Waals surface area contributed by atoms with Gasteiger partial charge < -0.3 is 30.2 Å². The van der Waals surface area contributed by atoms with E-state index in [-0.39, 0.29) is 18.9 Å². The first kappa shape index (κ1) is 16.9. The van der Waals surface area contributed by atoms with Crippen LogP contribution in [0.5, 0.6) is 0 Å². The number of nitrogens with one attached hydrogen (secondary N) is 2. The van der Waals surface area contributed by atoms with E-state index in [4.69, 9.17) is 19.5 Å². The van der Waals surface area contributed by atoms with Crippen LogP contribution in [0.4, 0.5) is 0 Å². The molecule has 2 atom stereocenters. The molecule has 1 amide bonds. The van der Waals surface area contributed by atoms with Crippen molar-refractivity contribution >= 4 is 30.9 Å². The van der Waals surface area contributed by atoms with Crippen molar-refractivity contribution in [1.82, 2.24) is 10.6 Å². The zero-order chi connectivity index (χ0) is 16.0. The number of rotatable bonds is 7. The number of carbonyl (C=O) groups is 4. The second kappa shape index (κ2) is 7.60. The third kappa shape index (κ3) is 5.04. The molecule has 1 aliphatic rings. The van der Waals surface area contributed by atoms with Gasteiger partial charge in [-0.15, -0.1) is 0 Å². The molecule has 116 valence electrons. The third-order valence-electron chi connectivity index (χ3n) is 2.64. The summed E-state index contributed by atoms with van der Waals surface area (Å²) in [5, 5.41) is 22.6. The van der Waals surface area contributed by atoms with Crippen LogP contribution < -0.4 is 10.6 Å². The molecule has 1 rings (SSSR count). The third-order valence-corrected chi connectivity index (χ3v) is 2.64. The topological polar surface area (TPSA) is 151 Å². The Kier molecular flexibility index (Phi) is 6.12. The van der Waals surface area contributed by atoms with Crippen molar-refractivity contribution in [2.24, 2.45) is 5.92 Å². The van der Waals surface area contributed by atoms with Crippen LogP contribution in [0.3, 0.4) is 0 Å². The zero-order valence-corrected chi connectivity index (χ0v) is 11.2. The molecule has 0 aromatic heterocycles. The molecule has 11 heteroatoms. The minimum atomic E-state index is -1.70. The number of amides is 1. The molecule has 0 radical (unpaired) electrons. The SMILES string of the molecule is CNCC(=O)NCB1OC(=O)C(C(=O)O)C(CC(=O)O)O1. The van der Waals surface area contributed by atoms with Gasteiger partial charge in [-0.05, 0) is 7.05 Å². The lowest BCUT2D eigenvalue weighted by molar-refractivity contribution is -0.165. The number of carboxylic acids is 2. The summed E-state index contributed by atoms with van der Waals surface area (Å²) in [6.07, 6.45) is -2.21. The highest BCUT2D eigenvalue weighted by Gasteiger charge is 2.47. The van der Waals surface area contributed by atoms with Gasteiger partial charge >= 0.3 is 25.0 Å². The highest BCUT2D eigenvalue weighted by Crippen LogP contribution is 2.21. The van der Waals surface area contributed by atoms with Crippen LogP contribution in [0.25, 0.3) is 0 Å². The van der Waals surface area contributed by atoms with Gasteiger partial charge in [0, 0.05) is 0 Å². The Balaban J connectivity index is 2.66. The van der Waals surface area contributed by atoms with Gasteiger partial charge in [0.1, 0.15) is 0 Å². The lowest BCUT2D eigenvalue weighted by Gasteiger charge is -2.31. The second-order valence-electron chi connectivity index (χ2n) is 4.29. The quantitative estimate of drug-likeness (QED) is 0.294. The van der Waals surface area contributed by atoms with Gasteiger partial charge in [0.2, 0.25) is 5.91 Å². The Morgan fingerprint density at radius 2 is 2.00 bits per heavy atom. The maximum Gasteiger partial charge on any atom is 0.548 e. The van der Waals surface area contributed by atoms with E-state index in [0.29, 0.717) is 0 Å². The van der Waals surface area contributed by atoms with Crippen molar-refractivity contribution in [3.63, 3.8) is 0 Å². The Hall–Kier alpha value is -2.14. The highest BCUT2D eigenvalue weighted by atomic mass is 16.6. The Bertz CT molecular complexity index is 443. The van der Waals surface area contributed by atoms with Gasteiger partial charge in [0.25, 0.3) is 0 Å². The fourth-order valence-electron chi connectivity index (χ4n) is 1.76. The average molecular weight is 302 g/mol. The summed E-state index contributed by atoms with van der Waals surface area (Å²) in [6, 6.07) is 0. The smallest absolute Gasteiger partial charge is 0.508 e. The van der Waals surface area contributed by atoms with Crippen LogP contribution in [-0.2, 0) is 28.5 Å². The molecule has 0 saturated carbocycles. The summed E-state index contributed by atoms with van der Waals surface area (Å²) in [5.41, 5.74) is 0. The van der Waals surface area contributed by atoms with Gasteiger partial charge in [0.05, 0.1) is 25.5 Å². The summed E-state index contributed by atoms with van der Waals surface area (Å²) in [6.45, 7) is 0.0387. The molecule has 4 N–H and O–H groups in total. The van der Waals surface area contributed by atoms with E-state index in [0.717, 1.165) is 0 Å². The Morgan fingerprint density at radius 3 is 2.52 bits per heavy atom. The molecule has 1 aliphatic heterocycles. The molecule has 0 aromatic carbocycles. The van der Waals surface area contributed by atoms with E-state index in [2.05, 4.69) is 10.6 Å². The molecule has 10 nitrogen and oxygen atoms in total. The van der Waals surface area contributed by atoms with Crippen molar-refractivity contribution in [2.45, 2.75) is 12.5 Å². The van der Waals surface area contributed by atoms with E-state index in [1.807, 2.05) is 0 Å². The molecule has 0 aliphatic carbocycles. The highest BCUT2D eigenvalue weighted by molar-refractivity contribution is 6.48. The van der Waals surface area contributed by atoms with Crippen molar-refractivity contribution in [3.8, 4) is 0 Å². The van der Waals surface area contributed by atoms with Gasteiger partial charge in [-0.2, -0.15) is 0 Å². The first-order valence-corrected chi connectivity index (χ1v) is 6.07. The second-order valence-corrected chi connectivity index (χ2v) is 4.29. The van der Waals surface area contributed by atoms with Crippen LogP contribution in [0.15, 0.2) is 0 Å². The van der Waals surface area contributed by atoms with Crippen molar-refractivity contribution in [3.05, 3.63) is 0 Å². The fourth-order valence-corrected chi connectivity index (χ4v) is 1.76. The molecule has 0 bridgehead atoms. The number of likely N-dealkylation sites (N-methyl/N-ethyl adjacent to an activating group) is 1. The molecule has 21 heavy (non-hydrogen) atoms. The minimum Gasteiger partial charge on any atom is -0.508 e. The number of carboxylic acid groups (broad SMARTS) is 2. The lowest BCUT2D eigenvalue weighted by atomic mass is 9.84. The Morgan fingerprint density at radius 1 is 1.33 bits per heavy atom. The van der Waals surface area contributed by atoms with E-state index >= 15 is 0 Å². The minimum absolute atomic E-state index is 0.0387. The first-order chi connectivity index (χ1) is 9.85. The summed E-state index contributed by atoms with van der Waals surface area (Å²) in [5.74, 6) is -6.01. The number of hydrogen-bond donors (Lipinski definition) is 4. The molecule has 1 fully saturated rings. The van der Waals surface area contributed by atoms with Gasteiger partial charge in [-0.25, -0.2) is 0 Å². The number of aliphatic carboxylic acids is 2. The van der Waals surface area contributed by atoms with Crippen LogP contribution >= 0.6 is 0 Å². The van der Waals surface area contributed by atoms with E-state index in [9.17, 15) is 19.2 Å². The van der Waals surface area contributed by atoms with Gasteiger partial charge in [-0.1, -0.05) is 0 Å². The van der Waals surface area contributed by atoms with Crippen molar-refractivity contribution < 1.29 is 38.7 Å². The van der Waals surface area contributed by atoms with E-state index in [1.165, 1.54) is 0 Å². The molecule has 1 heterocycles. The van der Waals surface area contributed by atoms with Crippen molar-refractivity contribution in [1.29, 1.82) is 0 Å². The molecule has 2 unspecified atom stereocenters. The van der Waals surface area contributed by atoms with E-state index < -0.39 is 43.5 Å². The standard InChI is InChI=1S/C10H15BN2O8/c1-12-3-6(14)13-4-11-20-5(2-7(15)16)8(9(17)18)10(19)21-11/h5,8,12H,2-4H2,1H3,(H,13,14)(H,15,16)(H,17,18). The van der Waals surface area contributed by atoms with Gasteiger partial charge in [0.15, 0.2) is 5.92 Å². The predicted octanol–water partition coefficient (Wildman–Crippen LogP) is -2.53.